The van der Waals surface area contributed by atoms with E-state index in [9.17, 15) is 0 Å². The van der Waals surface area contributed by atoms with Crippen molar-refractivity contribution in [1.29, 1.82) is 0 Å². The molecule has 2 heterocycles. The quantitative estimate of drug-likeness (QED) is 0.806. The number of hydrogen-bond donors (Lipinski definition) is 1. The lowest BCUT2D eigenvalue weighted by Crippen LogP contribution is -2.01. The molecule has 19 heavy (non-hydrogen) atoms. The summed E-state index contributed by atoms with van der Waals surface area (Å²) >= 11 is 3.40. The third kappa shape index (κ3) is 2.53. The molecular formula is C13H11BrN4O. The Bertz CT molecular complexity index is 725. The fourth-order valence-corrected chi connectivity index (χ4v) is 2.14. The lowest BCUT2D eigenvalue weighted by atomic mass is 10.3. The molecule has 2 aromatic heterocycles. The van der Waals surface area contributed by atoms with E-state index in [0.29, 0.717) is 17.9 Å². The molecule has 6 heteroatoms. The molecule has 3 rings (SSSR count). The van der Waals surface area contributed by atoms with Crippen molar-refractivity contribution < 1.29 is 4.74 Å². The van der Waals surface area contributed by atoms with Gasteiger partial charge in [0, 0.05) is 22.4 Å². The molecule has 0 unspecified atom stereocenters. The molecule has 0 radical (unpaired) electrons. The van der Waals surface area contributed by atoms with E-state index in [2.05, 4.69) is 26.1 Å². The van der Waals surface area contributed by atoms with Gasteiger partial charge in [-0.2, -0.15) is 0 Å². The monoisotopic (exact) mass is 318 g/mol. The van der Waals surface area contributed by atoms with Gasteiger partial charge >= 0.3 is 0 Å². The maximum absolute atomic E-state index is 5.70. The van der Waals surface area contributed by atoms with Crippen LogP contribution in [0.25, 0.3) is 5.65 Å². The van der Waals surface area contributed by atoms with Crippen molar-refractivity contribution in [2.45, 2.75) is 6.61 Å². The van der Waals surface area contributed by atoms with Crippen molar-refractivity contribution in [3.63, 3.8) is 0 Å². The minimum Gasteiger partial charge on any atom is -0.486 e. The number of rotatable bonds is 3. The first kappa shape index (κ1) is 12.0. The molecule has 0 aliphatic heterocycles. The summed E-state index contributed by atoms with van der Waals surface area (Å²) in [6.07, 6.45) is 1.84. The van der Waals surface area contributed by atoms with Crippen LogP contribution in [-0.4, -0.2) is 14.6 Å². The summed E-state index contributed by atoms with van der Waals surface area (Å²) in [7, 11) is 0. The highest BCUT2D eigenvalue weighted by Gasteiger charge is 2.06. The van der Waals surface area contributed by atoms with Crippen LogP contribution in [-0.2, 0) is 6.61 Å². The van der Waals surface area contributed by atoms with Gasteiger partial charge in [0.25, 0.3) is 0 Å². The highest BCUT2D eigenvalue weighted by molar-refractivity contribution is 9.10. The van der Waals surface area contributed by atoms with Gasteiger partial charge in [0.15, 0.2) is 11.5 Å². The number of benzene rings is 1. The average Bonchev–Trinajstić information content (AvgIpc) is 2.78. The van der Waals surface area contributed by atoms with Crippen LogP contribution in [0.1, 0.15) is 5.82 Å². The molecule has 2 N–H and O–H groups in total. The van der Waals surface area contributed by atoms with Crippen molar-refractivity contribution >= 4 is 27.3 Å². The number of fused-ring (bicyclic) bond motifs is 1. The molecule has 0 spiro atoms. The number of pyridine rings is 1. The molecule has 0 bridgehead atoms. The van der Waals surface area contributed by atoms with Gasteiger partial charge in [0.05, 0.1) is 0 Å². The molecule has 1 aromatic carbocycles. The maximum Gasteiger partial charge on any atom is 0.175 e. The van der Waals surface area contributed by atoms with Gasteiger partial charge in [-0.05, 0) is 24.3 Å². The Morgan fingerprint density at radius 1 is 1.21 bits per heavy atom. The lowest BCUT2D eigenvalue weighted by Gasteiger charge is -2.05. The second-order valence-electron chi connectivity index (χ2n) is 4.05. The van der Waals surface area contributed by atoms with Crippen molar-refractivity contribution in [3.05, 3.63) is 52.9 Å². The second-order valence-corrected chi connectivity index (χ2v) is 4.97. The molecule has 0 amide bonds. The smallest absolute Gasteiger partial charge is 0.175 e. The number of ether oxygens (including phenoxy) is 1. The topological polar surface area (TPSA) is 65.4 Å². The number of hydrogen-bond acceptors (Lipinski definition) is 4. The molecular weight excluding hydrogens is 308 g/mol. The van der Waals surface area contributed by atoms with Gasteiger partial charge in [-0.25, -0.2) is 0 Å². The van der Waals surface area contributed by atoms with E-state index in [1.165, 1.54) is 0 Å². The van der Waals surface area contributed by atoms with E-state index < -0.39 is 0 Å². The summed E-state index contributed by atoms with van der Waals surface area (Å²) in [6.45, 7) is 0.349. The van der Waals surface area contributed by atoms with Crippen LogP contribution in [0, 0.1) is 0 Å². The van der Waals surface area contributed by atoms with Gasteiger partial charge in [0.1, 0.15) is 12.4 Å². The van der Waals surface area contributed by atoms with Crippen LogP contribution in [0.4, 0.5) is 5.69 Å². The first-order valence-corrected chi connectivity index (χ1v) is 6.49. The van der Waals surface area contributed by atoms with E-state index in [-0.39, 0.29) is 0 Å². The highest BCUT2D eigenvalue weighted by Crippen LogP contribution is 2.19. The molecule has 3 aromatic rings. The van der Waals surface area contributed by atoms with E-state index >= 15 is 0 Å². The Kier molecular flexibility index (Phi) is 3.08. The van der Waals surface area contributed by atoms with Crippen molar-refractivity contribution in [1.82, 2.24) is 14.6 Å². The standard InChI is InChI=1S/C13H11BrN4O/c14-9-2-1-3-11(6-9)19-8-13-17-16-12-7-10(15)4-5-18(12)13/h1-7H,8,15H2. The predicted molar refractivity (Wildman–Crippen MR) is 75.9 cm³/mol. The maximum atomic E-state index is 5.70. The minimum absolute atomic E-state index is 0.349. The summed E-state index contributed by atoms with van der Waals surface area (Å²) in [6, 6.07) is 11.2. The van der Waals surface area contributed by atoms with E-state index in [4.69, 9.17) is 10.5 Å². The van der Waals surface area contributed by atoms with Gasteiger partial charge in [0.2, 0.25) is 0 Å². The van der Waals surface area contributed by atoms with E-state index in [1.54, 1.807) is 12.1 Å². The Morgan fingerprint density at radius 3 is 2.95 bits per heavy atom. The average molecular weight is 319 g/mol. The fourth-order valence-electron chi connectivity index (χ4n) is 1.76. The zero-order chi connectivity index (χ0) is 13.2. The van der Waals surface area contributed by atoms with Crippen LogP contribution in [0.3, 0.4) is 0 Å². The Balaban J connectivity index is 1.82. The fraction of sp³-hybridized carbons (Fsp3) is 0.0769. The number of nitrogens with zero attached hydrogens (tertiary/aromatic N) is 3. The van der Waals surface area contributed by atoms with Crippen LogP contribution in [0.5, 0.6) is 5.75 Å². The molecule has 0 saturated heterocycles. The molecule has 0 fully saturated rings. The van der Waals surface area contributed by atoms with Crippen LogP contribution >= 0.6 is 15.9 Å². The Labute approximate surface area is 118 Å². The minimum atomic E-state index is 0.349. The third-order valence-electron chi connectivity index (χ3n) is 2.67. The first-order valence-electron chi connectivity index (χ1n) is 5.70. The molecule has 5 nitrogen and oxygen atoms in total. The van der Waals surface area contributed by atoms with Crippen molar-refractivity contribution in [2.24, 2.45) is 0 Å². The summed E-state index contributed by atoms with van der Waals surface area (Å²) in [5.41, 5.74) is 7.08. The molecule has 96 valence electrons. The number of halogens is 1. The van der Waals surface area contributed by atoms with Gasteiger partial charge in [-0.15, -0.1) is 10.2 Å². The lowest BCUT2D eigenvalue weighted by molar-refractivity contribution is 0.294. The molecule has 0 atom stereocenters. The number of nitrogen functional groups attached to an aromatic ring is 1. The Morgan fingerprint density at radius 2 is 2.11 bits per heavy atom. The number of nitrogens with two attached hydrogens (primary N) is 1. The van der Waals surface area contributed by atoms with Gasteiger partial charge in [-0.1, -0.05) is 22.0 Å². The van der Waals surface area contributed by atoms with E-state index in [1.807, 2.05) is 34.9 Å². The number of aromatic nitrogens is 3. The zero-order valence-corrected chi connectivity index (χ0v) is 11.5. The largest absolute Gasteiger partial charge is 0.486 e. The van der Waals surface area contributed by atoms with Gasteiger partial charge in [-0.3, -0.25) is 4.40 Å². The SMILES string of the molecule is Nc1ccn2c(COc3cccc(Br)c3)nnc2c1. The third-order valence-corrected chi connectivity index (χ3v) is 3.16. The molecule has 0 saturated carbocycles. The summed E-state index contributed by atoms with van der Waals surface area (Å²) in [5.74, 6) is 1.51. The van der Waals surface area contributed by atoms with Crippen LogP contribution in [0.2, 0.25) is 0 Å². The van der Waals surface area contributed by atoms with E-state index in [0.717, 1.165) is 16.0 Å². The second kappa shape index (κ2) is 4.89. The summed E-state index contributed by atoms with van der Waals surface area (Å²) < 4.78 is 8.52. The number of anilines is 1. The van der Waals surface area contributed by atoms with Crippen LogP contribution < -0.4 is 10.5 Å². The zero-order valence-electron chi connectivity index (χ0n) is 9.95. The van der Waals surface area contributed by atoms with Crippen molar-refractivity contribution in [3.8, 4) is 5.75 Å². The molecule has 0 aliphatic carbocycles. The first-order chi connectivity index (χ1) is 9.22. The Hall–Kier alpha value is -2.08. The van der Waals surface area contributed by atoms with Crippen molar-refractivity contribution in [2.75, 3.05) is 5.73 Å². The van der Waals surface area contributed by atoms with Crippen LogP contribution in [0.15, 0.2) is 47.1 Å². The molecule has 0 aliphatic rings. The predicted octanol–water partition coefficient (Wildman–Crippen LogP) is 2.65. The summed E-state index contributed by atoms with van der Waals surface area (Å²) in [4.78, 5) is 0. The highest BCUT2D eigenvalue weighted by atomic mass is 79.9. The van der Waals surface area contributed by atoms with Gasteiger partial charge < -0.3 is 10.5 Å². The normalized spacial score (nSPS) is 10.8. The summed E-state index contributed by atoms with van der Waals surface area (Å²) in [5, 5.41) is 8.15.